The highest BCUT2D eigenvalue weighted by Crippen LogP contribution is 2.51. The van der Waals surface area contributed by atoms with Gasteiger partial charge in [-0.05, 0) is 25.5 Å². The summed E-state index contributed by atoms with van der Waals surface area (Å²) in [6.45, 7) is 3.90. The van der Waals surface area contributed by atoms with Crippen molar-refractivity contribution in [2.45, 2.75) is 43.7 Å². The maximum atomic E-state index is 12.8. The average molecular weight is 504 g/mol. The van der Waals surface area contributed by atoms with Crippen LogP contribution in [0.15, 0.2) is 28.8 Å². The Kier molecular flexibility index (Phi) is 6.89. The van der Waals surface area contributed by atoms with Crippen molar-refractivity contribution in [2.75, 3.05) is 26.0 Å². The van der Waals surface area contributed by atoms with Crippen molar-refractivity contribution in [2.24, 2.45) is 11.8 Å². The standard InChI is InChI=1S/C23H29N5O6S/c1-10-17-16(11(2)29)22(32)28(17)18(23(33)34)19(10)35-12-8-14(24-9-12)20(30)26-15-7-5-6-13(25-15)21(31)27(3)4/h5-7,10-12,14,16-17,24,29H,8-9H2,1-4H3,(H,33,34)(H,25,26,30)/t10-,11-,12+,14+,16-,17-/m1/s1. The number of aliphatic carboxylic acids is 1. The number of nitrogens with zero attached hydrogens (tertiary/aromatic N) is 3. The molecule has 1 aromatic rings. The highest BCUT2D eigenvalue weighted by atomic mass is 32.2. The predicted molar refractivity (Wildman–Crippen MR) is 128 cm³/mol. The van der Waals surface area contributed by atoms with E-state index >= 15 is 0 Å². The molecule has 0 aromatic carbocycles. The number of pyridine rings is 1. The van der Waals surface area contributed by atoms with Crippen molar-refractivity contribution in [1.29, 1.82) is 0 Å². The molecule has 3 aliphatic rings. The first-order valence-electron chi connectivity index (χ1n) is 11.4. The molecule has 12 heteroatoms. The maximum Gasteiger partial charge on any atom is 0.353 e. The van der Waals surface area contributed by atoms with Crippen molar-refractivity contribution in [1.82, 2.24) is 20.1 Å². The van der Waals surface area contributed by atoms with Gasteiger partial charge in [0, 0.05) is 36.7 Å². The monoisotopic (exact) mass is 503 g/mol. The number of amides is 3. The number of carboxylic acids is 1. The average Bonchev–Trinajstić information content (AvgIpc) is 3.35. The van der Waals surface area contributed by atoms with Crippen LogP contribution >= 0.6 is 11.8 Å². The molecule has 4 N–H and O–H groups in total. The summed E-state index contributed by atoms with van der Waals surface area (Å²) >= 11 is 1.37. The SMILES string of the molecule is C[C@@H](O)[C@H]1C(=O)N2C(C(=O)O)=C(S[C@@H]3CN[C@H](C(=O)Nc4cccc(C(=O)N(C)C)n4)C3)[C@H](C)[C@H]12. The van der Waals surface area contributed by atoms with E-state index in [1.807, 2.05) is 6.92 Å². The number of anilines is 1. The van der Waals surface area contributed by atoms with Crippen molar-refractivity contribution in [3.8, 4) is 0 Å². The molecule has 35 heavy (non-hydrogen) atoms. The number of rotatable bonds is 7. The van der Waals surface area contributed by atoms with Crippen LogP contribution in [0.5, 0.6) is 0 Å². The van der Waals surface area contributed by atoms with Crippen LogP contribution in [-0.4, -0.2) is 92.8 Å². The van der Waals surface area contributed by atoms with Crippen molar-refractivity contribution in [3.05, 3.63) is 34.5 Å². The second-order valence-electron chi connectivity index (χ2n) is 9.31. The molecule has 0 aliphatic carbocycles. The fourth-order valence-electron chi connectivity index (χ4n) is 4.92. The molecule has 3 aliphatic heterocycles. The van der Waals surface area contributed by atoms with E-state index < -0.39 is 24.0 Å². The Balaban J connectivity index is 1.42. The van der Waals surface area contributed by atoms with Crippen LogP contribution in [0.3, 0.4) is 0 Å². The van der Waals surface area contributed by atoms with Crippen LogP contribution in [0.2, 0.25) is 0 Å². The smallest absolute Gasteiger partial charge is 0.353 e. The van der Waals surface area contributed by atoms with Crippen LogP contribution in [-0.2, 0) is 14.4 Å². The van der Waals surface area contributed by atoms with Crippen molar-refractivity contribution < 1.29 is 29.4 Å². The number of fused-ring (bicyclic) bond motifs is 1. The lowest BCUT2D eigenvalue weighted by atomic mass is 9.79. The number of carboxylic acid groups (broad SMARTS) is 1. The van der Waals surface area contributed by atoms with Gasteiger partial charge in [-0.1, -0.05) is 13.0 Å². The van der Waals surface area contributed by atoms with Gasteiger partial charge in [0.15, 0.2) is 0 Å². The van der Waals surface area contributed by atoms with Crippen LogP contribution in [0.25, 0.3) is 0 Å². The Morgan fingerprint density at radius 2 is 2.03 bits per heavy atom. The normalized spacial score (nSPS) is 28.4. The summed E-state index contributed by atoms with van der Waals surface area (Å²) in [5, 5.41) is 25.6. The van der Waals surface area contributed by atoms with E-state index in [2.05, 4.69) is 15.6 Å². The Labute approximate surface area is 206 Å². The number of aromatic nitrogens is 1. The third-order valence-electron chi connectivity index (χ3n) is 6.64. The Morgan fingerprint density at radius 1 is 1.31 bits per heavy atom. The fourth-order valence-corrected chi connectivity index (χ4v) is 6.40. The van der Waals surface area contributed by atoms with E-state index in [-0.39, 0.29) is 52.1 Å². The van der Waals surface area contributed by atoms with E-state index in [1.54, 1.807) is 39.2 Å². The number of carbonyl (C=O) groups excluding carboxylic acids is 3. The lowest BCUT2D eigenvalue weighted by molar-refractivity contribution is -0.163. The topological polar surface area (TPSA) is 152 Å². The maximum absolute atomic E-state index is 12.8. The van der Waals surface area contributed by atoms with Gasteiger partial charge in [-0.25, -0.2) is 9.78 Å². The van der Waals surface area contributed by atoms with E-state index in [0.29, 0.717) is 17.9 Å². The number of carbonyl (C=O) groups is 4. The number of thioether (sulfide) groups is 1. The summed E-state index contributed by atoms with van der Waals surface area (Å²) in [6, 6.07) is 3.94. The zero-order valence-corrected chi connectivity index (χ0v) is 20.7. The lowest BCUT2D eigenvalue weighted by Gasteiger charge is -2.46. The summed E-state index contributed by atoms with van der Waals surface area (Å²) in [7, 11) is 3.24. The molecule has 0 bridgehead atoms. The van der Waals surface area contributed by atoms with Gasteiger partial charge >= 0.3 is 5.97 Å². The summed E-state index contributed by atoms with van der Waals surface area (Å²) in [5.41, 5.74) is 0.201. The number of hydrogen-bond acceptors (Lipinski definition) is 8. The van der Waals surface area contributed by atoms with Crippen LogP contribution in [0.1, 0.15) is 30.8 Å². The first kappa shape index (κ1) is 25.1. The van der Waals surface area contributed by atoms with E-state index in [0.717, 1.165) is 0 Å². The summed E-state index contributed by atoms with van der Waals surface area (Å²) < 4.78 is 0. The Bertz CT molecular complexity index is 1110. The molecule has 4 rings (SSSR count). The molecule has 1 aromatic heterocycles. The Morgan fingerprint density at radius 3 is 2.66 bits per heavy atom. The quantitative estimate of drug-likeness (QED) is 0.386. The molecule has 0 spiro atoms. The molecule has 3 amide bonds. The number of nitrogens with one attached hydrogen (secondary N) is 2. The number of β-lactam (4-membered cyclic amide) rings is 1. The minimum atomic E-state index is -1.17. The zero-order chi connectivity index (χ0) is 25.6. The molecule has 0 unspecified atom stereocenters. The summed E-state index contributed by atoms with van der Waals surface area (Å²) in [5.74, 6) is -2.67. The van der Waals surface area contributed by atoms with Gasteiger partial charge in [-0.3, -0.25) is 14.4 Å². The Hall–Kier alpha value is -2.96. The molecular formula is C23H29N5O6S. The van der Waals surface area contributed by atoms with E-state index in [9.17, 15) is 29.4 Å². The summed E-state index contributed by atoms with van der Waals surface area (Å²) in [6.07, 6.45) is -0.402. The van der Waals surface area contributed by atoms with Crippen molar-refractivity contribution >= 4 is 41.3 Å². The molecule has 2 saturated heterocycles. The van der Waals surface area contributed by atoms with E-state index in [4.69, 9.17) is 0 Å². The zero-order valence-electron chi connectivity index (χ0n) is 19.9. The minimum absolute atomic E-state index is 0.0196. The molecule has 0 radical (unpaired) electrons. The molecule has 6 atom stereocenters. The molecule has 188 valence electrons. The molecular weight excluding hydrogens is 474 g/mol. The van der Waals surface area contributed by atoms with Crippen LogP contribution in [0.4, 0.5) is 5.82 Å². The third kappa shape index (κ3) is 4.53. The fraction of sp³-hybridized carbons (Fsp3) is 0.522. The minimum Gasteiger partial charge on any atom is -0.477 e. The number of aliphatic hydroxyl groups is 1. The second kappa shape index (κ2) is 9.59. The molecule has 0 saturated carbocycles. The molecule has 4 heterocycles. The van der Waals surface area contributed by atoms with Crippen LogP contribution < -0.4 is 10.6 Å². The molecule has 2 fully saturated rings. The lowest BCUT2D eigenvalue weighted by Crippen LogP contribution is -2.63. The van der Waals surface area contributed by atoms with Crippen LogP contribution in [0, 0.1) is 11.8 Å². The second-order valence-corrected chi connectivity index (χ2v) is 10.6. The highest BCUT2D eigenvalue weighted by Gasteiger charge is 2.60. The number of hydrogen-bond donors (Lipinski definition) is 4. The number of aliphatic hydroxyl groups excluding tert-OH is 1. The van der Waals surface area contributed by atoms with Gasteiger partial charge in [0.05, 0.1) is 24.1 Å². The molecule has 11 nitrogen and oxygen atoms in total. The van der Waals surface area contributed by atoms with Gasteiger partial charge in [-0.2, -0.15) is 0 Å². The summed E-state index contributed by atoms with van der Waals surface area (Å²) in [4.78, 5) is 57.0. The largest absolute Gasteiger partial charge is 0.477 e. The first-order chi connectivity index (χ1) is 16.5. The van der Waals surface area contributed by atoms with Gasteiger partial charge in [0.25, 0.3) is 5.91 Å². The van der Waals surface area contributed by atoms with Gasteiger partial charge in [0.1, 0.15) is 17.2 Å². The van der Waals surface area contributed by atoms with Crippen molar-refractivity contribution in [3.63, 3.8) is 0 Å². The van der Waals surface area contributed by atoms with E-state index in [1.165, 1.54) is 21.6 Å². The predicted octanol–water partition coefficient (Wildman–Crippen LogP) is 0.339. The highest BCUT2D eigenvalue weighted by molar-refractivity contribution is 8.03. The van der Waals surface area contributed by atoms with Gasteiger partial charge < -0.3 is 30.6 Å². The first-order valence-corrected chi connectivity index (χ1v) is 12.3. The van der Waals surface area contributed by atoms with Gasteiger partial charge in [0.2, 0.25) is 11.8 Å². The third-order valence-corrected chi connectivity index (χ3v) is 8.15. The van der Waals surface area contributed by atoms with Gasteiger partial charge in [-0.15, -0.1) is 11.8 Å².